The first-order valence-corrected chi connectivity index (χ1v) is 11.1. The summed E-state index contributed by atoms with van der Waals surface area (Å²) in [5.74, 6) is 2.13. The molecule has 5 heteroatoms. The van der Waals surface area contributed by atoms with E-state index in [0.717, 1.165) is 39.0 Å². The van der Waals surface area contributed by atoms with Crippen LogP contribution in [-0.4, -0.2) is 41.7 Å². The van der Waals surface area contributed by atoms with Gasteiger partial charge < -0.3 is 2.84 Å². The van der Waals surface area contributed by atoms with E-state index < -0.39 is 0 Å². The second-order valence-electron chi connectivity index (χ2n) is 3.16. The van der Waals surface area contributed by atoms with Crippen molar-refractivity contribution in [3.8, 4) is 0 Å². The fourth-order valence-electron chi connectivity index (χ4n) is 0.680. The zero-order valence-electron chi connectivity index (χ0n) is 12.1. The van der Waals surface area contributed by atoms with Crippen molar-refractivity contribution in [3.05, 3.63) is 48.6 Å². The molecule has 0 saturated carbocycles. The maximum atomic E-state index is 4.82. The zero-order chi connectivity index (χ0) is 13.2. The van der Waals surface area contributed by atoms with Gasteiger partial charge in [0, 0.05) is 9.52 Å². The Bertz CT molecular complexity index is 197. The smallest absolute Gasteiger partial charge is 0.645 e. The molecule has 0 atom stereocenters. The Labute approximate surface area is 145 Å². The van der Waals surface area contributed by atoms with Gasteiger partial charge in [0.1, 0.15) is 0 Å². The van der Waals surface area contributed by atoms with Crippen LogP contribution in [0.15, 0.2) is 36.5 Å². The van der Waals surface area contributed by atoms with Crippen LogP contribution in [0.5, 0.6) is 0 Å². The van der Waals surface area contributed by atoms with Gasteiger partial charge in [-0.3, -0.25) is 12.2 Å². The minimum atomic E-state index is -0.0139. The van der Waals surface area contributed by atoms with Gasteiger partial charge in [0.25, 0.3) is 0 Å². The second-order valence-corrected chi connectivity index (χ2v) is 7.20. The molecule has 1 nitrogen and oxygen atoms in total. The van der Waals surface area contributed by atoms with E-state index in [1.54, 1.807) is 0 Å². The van der Waals surface area contributed by atoms with Gasteiger partial charge in [-0.25, -0.2) is 24.3 Å². The molecule has 0 aromatic carbocycles. The molecule has 2 aliphatic rings. The molecule has 1 radical (unpaired) electrons. The standard InChI is InChI=1S/2C5H5.C2H7Si.CH3.2Al.O.Ti.3H/c2*1-2-4-5-3-1;1-3-2;;;;;;;;/h2*1-3H,4H2;3H,1-2H3;1H3;;;;;;;/q2*-1;;;;;;+2;;;. The average molecular weight is 325 g/mol. The van der Waals surface area contributed by atoms with Crippen LogP contribution in [0.3, 0.4) is 0 Å². The predicted molar refractivity (Wildman–Crippen MR) is 84.7 cm³/mol. The average Bonchev–Trinajstić information content (AvgIpc) is 3.06. The van der Waals surface area contributed by atoms with Gasteiger partial charge in [-0.1, -0.05) is 18.9 Å². The zero-order valence-corrected chi connectivity index (χ0v) is 18.2. The van der Waals surface area contributed by atoms with Crippen molar-refractivity contribution in [2.75, 3.05) is 0 Å². The van der Waals surface area contributed by atoms with E-state index in [-0.39, 0.29) is 37.3 Å². The van der Waals surface area contributed by atoms with Crippen LogP contribution in [-0.2, 0) is 24.6 Å². The third-order valence-corrected chi connectivity index (χ3v) is 3.77. The molecule has 0 aliphatic heterocycles. The molecular weight excluding hydrogens is 302 g/mol. The molecular formula is C13H23Al2OSiTi. The monoisotopic (exact) mass is 325 g/mol. The molecule has 2 aliphatic carbocycles. The van der Waals surface area contributed by atoms with Crippen molar-refractivity contribution >= 4 is 41.7 Å². The SMILES string of the molecule is C[SiH]C.[C-]1=CC=CC1.[C-]1=CC=CC1.[CH3][AlH][O][AlH2].[Ti+2]. The molecule has 0 bridgehead atoms. The molecule has 0 aromatic heterocycles. The summed E-state index contributed by atoms with van der Waals surface area (Å²) in [4.78, 5) is 0. The Hall–Kier alpha value is 0.916. The molecule has 2 rings (SSSR count). The summed E-state index contributed by atoms with van der Waals surface area (Å²) in [5, 5.41) is 0. The Morgan fingerprint density at radius 1 is 1.11 bits per heavy atom. The van der Waals surface area contributed by atoms with E-state index in [4.69, 9.17) is 2.84 Å². The van der Waals surface area contributed by atoms with Gasteiger partial charge in [-0.2, -0.15) is 12.2 Å². The van der Waals surface area contributed by atoms with Crippen LogP contribution in [0.4, 0.5) is 0 Å². The van der Waals surface area contributed by atoms with E-state index in [2.05, 4.69) is 43.2 Å². The summed E-state index contributed by atoms with van der Waals surface area (Å²) in [6, 6.07) is 0. The molecule has 0 spiro atoms. The van der Waals surface area contributed by atoms with E-state index in [1.807, 2.05) is 24.3 Å². The largest absolute Gasteiger partial charge is 2.00 e. The predicted octanol–water partition coefficient (Wildman–Crippen LogP) is 2.08. The summed E-state index contributed by atoms with van der Waals surface area (Å²) < 4.78 is 4.82. The van der Waals surface area contributed by atoms with E-state index >= 15 is 0 Å². The summed E-state index contributed by atoms with van der Waals surface area (Å²) in [7, 11) is 0.750. The normalized spacial score (nSPS) is 12.2. The van der Waals surface area contributed by atoms with Crippen LogP contribution >= 0.6 is 0 Å². The molecule has 0 unspecified atom stereocenters. The van der Waals surface area contributed by atoms with Gasteiger partial charge in [0.2, 0.25) is 0 Å². The van der Waals surface area contributed by atoms with E-state index in [9.17, 15) is 0 Å². The quantitative estimate of drug-likeness (QED) is 0.530. The Morgan fingerprint density at radius 2 is 1.44 bits per heavy atom. The molecule has 95 valence electrons. The first kappa shape index (κ1) is 24.0. The van der Waals surface area contributed by atoms with Crippen LogP contribution in [0.1, 0.15) is 12.8 Å². The maximum Gasteiger partial charge on any atom is 2.00 e. The van der Waals surface area contributed by atoms with Crippen molar-refractivity contribution in [1.29, 1.82) is 0 Å². The number of allylic oxidation sites excluding steroid dienone is 8. The fraction of sp³-hybridized carbons (Fsp3) is 0.385. The van der Waals surface area contributed by atoms with Crippen molar-refractivity contribution in [2.45, 2.75) is 31.7 Å². The van der Waals surface area contributed by atoms with Crippen molar-refractivity contribution in [1.82, 2.24) is 0 Å². The summed E-state index contributed by atoms with van der Waals surface area (Å²) >= 11 is 0.938. The van der Waals surface area contributed by atoms with E-state index in [1.165, 1.54) is 0 Å². The Kier molecular flexibility index (Phi) is 35.3. The molecule has 0 aromatic rings. The number of hydrogen-bond donors (Lipinski definition) is 0. The fourth-order valence-corrected chi connectivity index (χ4v) is 0.680. The summed E-state index contributed by atoms with van der Waals surface area (Å²) in [6.07, 6.45) is 20.0. The van der Waals surface area contributed by atoms with Crippen molar-refractivity contribution in [3.63, 3.8) is 0 Å². The Balaban J connectivity index is -0.000000168. The topological polar surface area (TPSA) is 9.23 Å². The first-order valence-electron chi connectivity index (χ1n) is 5.99. The third kappa shape index (κ3) is 30.2. The summed E-state index contributed by atoms with van der Waals surface area (Å²) in [5.41, 5.74) is 0. The minimum Gasteiger partial charge on any atom is -0.645 e. The van der Waals surface area contributed by atoms with Gasteiger partial charge >= 0.3 is 53.9 Å². The first-order chi connectivity index (χ1) is 8.33. The maximum absolute atomic E-state index is 4.82. The van der Waals surface area contributed by atoms with Gasteiger partial charge in [-0.05, 0) is 0 Å². The number of hydrogen-bond acceptors (Lipinski definition) is 1. The van der Waals surface area contributed by atoms with Crippen LogP contribution in [0.2, 0.25) is 18.9 Å². The van der Waals surface area contributed by atoms with Gasteiger partial charge in [-0.15, -0.1) is 12.8 Å². The van der Waals surface area contributed by atoms with Crippen LogP contribution in [0.25, 0.3) is 0 Å². The second kappa shape index (κ2) is 26.5. The van der Waals surface area contributed by atoms with E-state index in [0.29, 0.717) is 0 Å². The molecule has 18 heavy (non-hydrogen) atoms. The van der Waals surface area contributed by atoms with Gasteiger partial charge in [0.15, 0.2) is 0 Å². The summed E-state index contributed by atoms with van der Waals surface area (Å²) in [6.45, 7) is 4.42. The molecule has 0 heterocycles. The van der Waals surface area contributed by atoms with Crippen molar-refractivity contribution < 1.29 is 24.6 Å². The molecule has 0 saturated heterocycles. The molecule has 0 amide bonds. The third-order valence-electron chi connectivity index (χ3n) is 1.46. The molecule has 0 fully saturated rings. The Morgan fingerprint density at radius 3 is 1.50 bits per heavy atom. The number of rotatable bonds is 1. The van der Waals surface area contributed by atoms with Crippen molar-refractivity contribution in [2.24, 2.45) is 0 Å². The minimum absolute atomic E-state index is 0. The molecule has 0 N–H and O–H groups in total. The van der Waals surface area contributed by atoms with Gasteiger partial charge in [0.05, 0.1) is 0 Å². The van der Waals surface area contributed by atoms with Crippen LogP contribution in [0, 0.1) is 12.2 Å². The van der Waals surface area contributed by atoms with Crippen LogP contribution < -0.4 is 0 Å².